The van der Waals surface area contributed by atoms with Crippen molar-refractivity contribution in [3.8, 4) is 5.75 Å². The lowest BCUT2D eigenvalue weighted by atomic mass is 10.1. The Morgan fingerprint density at radius 1 is 1.21 bits per heavy atom. The summed E-state index contributed by atoms with van der Waals surface area (Å²) in [4.78, 5) is 22.8. The molecule has 0 saturated carbocycles. The summed E-state index contributed by atoms with van der Waals surface area (Å²) in [5, 5.41) is 10.2. The number of amides is 1. The van der Waals surface area contributed by atoms with Crippen LogP contribution < -0.4 is 10.5 Å². The zero-order valence-corrected chi connectivity index (χ0v) is 16.5. The summed E-state index contributed by atoms with van der Waals surface area (Å²) >= 11 is 7.24. The van der Waals surface area contributed by atoms with Gasteiger partial charge in [-0.15, -0.1) is 11.3 Å². The predicted octanol–water partition coefficient (Wildman–Crippen LogP) is 4.36. The van der Waals surface area contributed by atoms with E-state index >= 15 is 0 Å². The minimum Gasteiger partial charge on any atom is -0.483 e. The second-order valence-electron chi connectivity index (χ2n) is 5.98. The largest absolute Gasteiger partial charge is 0.483 e. The molecule has 0 bridgehead atoms. The number of hydrogen-bond acceptors (Lipinski definition) is 5. The Balaban J connectivity index is 2.07. The van der Waals surface area contributed by atoms with Gasteiger partial charge in [0.2, 0.25) is 5.91 Å². The van der Waals surface area contributed by atoms with Gasteiger partial charge in [-0.25, -0.2) is 13.6 Å². The molecule has 6 nitrogen and oxygen atoms in total. The Hall–Kier alpha value is -2.75. The summed E-state index contributed by atoms with van der Waals surface area (Å²) in [6.07, 6.45) is 0. The van der Waals surface area contributed by atoms with Crippen LogP contribution in [0, 0.1) is 11.6 Å². The van der Waals surface area contributed by atoms with Crippen molar-refractivity contribution in [2.45, 2.75) is 13.2 Å². The third-order valence-electron chi connectivity index (χ3n) is 4.11. The molecule has 0 aliphatic heterocycles. The topological polar surface area (TPSA) is 98.9 Å². The first-order chi connectivity index (χ1) is 13.7. The Bertz CT molecular complexity index is 1110. The molecule has 3 rings (SSSR count). The molecular formula is C19H14ClF2NO5S. The van der Waals surface area contributed by atoms with Crippen molar-refractivity contribution in [2.75, 3.05) is 7.11 Å². The molecule has 0 aliphatic carbocycles. The third kappa shape index (κ3) is 4.02. The van der Waals surface area contributed by atoms with E-state index in [1.54, 1.807) is 12.1 Å². The van der Waals surface area contributed by atoms with Gasteiger partial charge < -0.3 is 20.3 Å². The fraction of sp³-hybridized carbons (Fsp3) is 0.158. The van der Waals surface area contributed by atoms with Crippen LogP contribution in [0.1, 0.15) is 31.2 Å². The maximum atomic E-state index is 14.2. The zero-order valence-electron chi connectivity index (χ0n) is 14.9. The van der Waals surface area contributed by atoms with E-state index in [2.05, 4.69) is 0 Å². The molecular weight excluding hydrogens is 428 g/mol. The molecule has 0 fully saturated rings. The quantitative estimate of drug-likeness (QED) is 0.567. The minimum absolute atomic E-state index is 0.0694. The van der Waals surface area contributed by atoms with Crippen LogP contribution in [-0.2, 0) is 18.0 Å². The van der Waals surface area contributed by atoms with Gasteiger partial charge in [-0.1, -0.05) is 17.7 Å². The number of halogens is 3. The summed E-state index contributed by atoms with van der Waals surface area (Å²) in [7, 11) is 1.50. The molecule has 1 amide bonds. The number of primary amides is 1. The van der Waals surface area contributed by atoms with Gasteiger partial charge in [0.1, 0.15) is 11.5 Å². The fourth-order valence-corrected chi connectivity index (χ4v) is 4.34. The van der Waals surface area contributed by atoms with Gasteiger partial charge in [-0.2, -0.15) is 0 Å². The molecule has 3 N–H and O–H groups in total. The van der Waals surface area contributed by atoms with E-state index in [1.807, 2.05) is 0 Å². The molecule has 3 aromatic rings. The smallest absolute Gasteiger partial charge is 0.346 e. The number of carbonyl (C=O) groups excluding carboxylic acids is 1. The maximum absolute atomic E-state index is 14.2. The van der Waals surface area contributed by atoms with Crippen molar-refractivity contribution in [2.24, 2.45) is 5.73 Å². The van der Waals surface area contributed by atoms with Gasteiger partial charge >= 0.3 is 5.97 Å². The van der Waals surface area contributed by atoms with E-state index in [0.717, 1.165) is 23.5 Å². The number of carboxylic acid groups (broad SMARTS) is 1. The number of fused-ring (bicyclic) bond motifs is 1. The van der Waals surface area contributed by atoms with Crippen molar-refractivity contribution in [1.29, 1.82) is 0 Å². The first-order valence-corrected chi connectivity index (χ1v) is 9.30. The Kier molecular flexibility index (Phi) is 6.02. The number of thiophene rings is 1. The normalized spacial score (nSPS) is 11.0. The van der Waals surface area contributed by atoms with Crippen LogP contribution in [0.3, 0.4) is 0 Å². The first-order valence-electron chi connectivity index (χ1n) is 8.11. The van der Waals surface area contributed by atoms with Crippen LogP contribution in [0.15, 0.2) is 24.3 Å². The number of carboxylic acids is 1. The van der Waals surface area contributed by atoms with E-state index in [1.165, 1.54) is 7.11 Å². The van der Waals surface area contributed by atoms with Crippen LogP contribution >= 0.6 is 22.9 Å². The molecule has 152 valence electrons. The zero-order chi connectivity index (χ0) is 21.3. The summed E-state index contributed by atoms with van der Waals surface area (Å²) in [6, 6.07) is 4.79. The number of nitrogens with two attached hydrogens (primary N) is 1. The standard InChI is InChI=1S/C19H14ClF2NO5S/c1-27-6-8-2-3-11(20)14-10(17(19(25)26)29-16(8)14)7-28-15-12(21)4-9(18(23)24)5-13(15)22/h2-5H,6-7H2,1H3,(H2,23,24)(H,25,26). The SMILES string of the molecule is COCc1ccc(Cl)c2c(COc3c(F)cc(C(N)=O)cc3F)c(C(=O)O)sc12. The van der Waals surface area contributed by atoms with Gasteiger partial charge in [0.25, 0.3) is 0 Å². The lowest BCUT2D eigenvalue weighted by molar-refractivity contribution is 0.0699. The number of hydrogen-bond donors (Lipinski definition) is 2. The van der Waals surface area contributed by atoms with E-state index in [0.29, 0.717) is 15.6 Å². The second-order valence-corrected chi connectivity index (χ2v) is 7.41. The molecule has 29 heavy (non-hydrogen) atoms. The van der Waals surface area contributed by atoms with Crippen molar-refractivity contribution >= 4 is 44.9 Å². The molecule has 2 aromatic carbocycles. The van der Waals surface area contributed by atoms with Gasteiger partial charge in [-0.05, 0) is 23.8 Å². The van der Waals surface area contributed by atoms with Crippen molar-refractivity contribution in [3.63, 3.8) is 0 Å². The third-order valence-corrected chi connectivity index (χ3v) is 5.72. The van der Waals surface area contributed by atoms with E-state index in [9.17, 15) is 23.5 Å². The highest BCUT2D eigenvalue weighted by atomic mass is 35.5. The predicted molar refractivity (Wildman–Crippen MR) is 104 cm³/mol. The molecule has 0 spiro atoms. The Morgan fingerprint density at radius 2 is 1.86 bits per heavy atom. The average Bonchev–Trinajstić information content (AvgIpc) is 3.04. The average molecular weight is 442 g/mol. The highest BCUT2D eigenvalue weighted by molar-refractivity contribution is 7.21. The summed E-state index contributed by atoms with van der Waals surface area (Å²) in [6.45, 7) is -0.229. The minimum atomic E-state index is -1.23. The molecule has 0 radical (unpaired) electrons. The first kappa shape index (κ1) is 21.0. The van der Waals surface area contributed by atoms with Crippen LogP contribution in [0.4, 0.5) is 8.78 Å². The van der Waals surface area contributed by atoms with E-state index in [-0.39, 0.29) is 27.6 Å². The van der Waals surface area contributed by atoms with Crippen LogP contribution in [0.5, 0.6) is 5.75 Å². The highest BCUT2D eigenvalue weighted by Gasteiger charge is 2.23. The lowest BCUT2D eigenvalue weighted by Gasteiger charge is -2.10. The van der Waals surface area contributed by atoms with Gasteiger partial charge in [0.05, 0.1) is 6.61 Å². The van der Waals surface area contributed by atoms with Crippen molar-refractivity contribution in [3.05, 3.63) is 62.5 Å². The molecule has 1 aromatic heterocycles. The number of carbonyl (C=O) groups is 2. The van der Waals surface area contributed by atoms with Crippen LogP contribution in [-0.4, -0.2) is 24.1 Å². The molecule has 0 atom stereocenters. The molecule has 0 aliphatic rings. The van der Waals surface area contributed by atoms with Gasteiger partial charge in [0.15, 0.2) is 17.4 Å². The molecule has 1 heterocycles. The highest BCUT2D eigenvalue weighted by Crippen LogP contribution is 2.39. The monoisotopic (exact) mass is 441 g/mol. The van der Waals surface area contributed by atoms with E-state index < -0.39 is 35.9 Å². The number of rotatable bonds is 7. The lowest BCUT2D eigenvalue weighted by Crippen LogP contribution is -2.12. The summed E-state index contributed by atoms with van der Waals surface area (Å²) < 4.78 is 39.3. The van der Waals surface area contributed by atoms with Crippen molar-refractivity contribution < 1.29 is 33.0 Å². The van der Waals surface area contributed by atoms with Crippen molar-refractivity contribution in [1.82, 2.24) is 0 Å². The van der Waals surface area contributed by atoms with Gasteiger partial charge in [-0.3, -0.25) is 4.79 Å². The number of aromatic carboxylic acids is 1. The summed E-state index contributed by atoms with van der Waals surface area (Å²) in [5.74, 6) is -5.25. The van der Waals surface area contributed by atoms with E-state index in [4.69, 9.17) is 26.8 Å². The fourth-order valence-electron chi connectivity index (χ4n) is 2.84. The number of methoxy groups -OCH3 is 1. The second kappa shape index (κ2) is 8.32. The Labute approximate surface area is 172 Å². The van der Waals surface area contributed by atoms with Gasteiger partial charge in [0, 0.05) is 33.3 Å². The van der Waals surface area contributed by atoms with Crippen LogP contribution in [0.25, 0.3) is 10.1 Å². The maximum Gasteiger partial charge on any atom is 0.346 e. The number of ether oxygens (including phenoxy) is 2. The van der Waals surface area contributed by atoms with Crippen LogP contribution in [0.2, 0.25) is 5.02 Å². The molecule has 0 unspecified atom stereocenters. The number of benzene rings is 2. The molecule has 0 saturated heterocycles. The summed E-state index contributed by atoms with van der Waals surface area (Å²) in [5.41, 5.74) is 5.56. The Morgan fingerprint density at radius 3 is 2.41 bits per heavy atom. The molecule has 10 heteroatoms.